The lowest BCUT2D eigenvalue weighted by Crippen LogP contribution is -2.56. The van der Waals surface area contributed by atoms with Crippen LogP contribution in [0.4, 0.5) is 14.9 Å². The Balaban J connectivity index is 1.64. The number of alkyl carbamates (subject to hydrolysis) is 1. The average Bonchev–Trinajstić information content (AvgIpc) is 2.72. The van der Waals surface area contributed by atoms with E-state index in [9.17, 15) is 9.18 Å². The van der Waals surface area contributed by atoms with Crippen molar-refractivity contribution < 1.29 is 13.9 Å². The number of nitrogen functional groups attached to an aromatic ring is 1. The Morgan fingerprint density at radius 2 is 1.75 bits per heavy atom. The number of halogens is 1. The molecule has 1 fully saturated rings. The van der Waals surface area contributed by atoms with E-state index in [1.165, 1.54) is 0 Å². The van der Waals surface area contributed by atoms with E-state index in [0.29, 0.717) is 5.69 Å². The van der Waals surface area contributed by atoms with Gasteiger partial charge in [0.1, 0.15) is 11.8 Å². The summed E-state index contributed by atoms with van der Waals surface area (Å²) in [6.45, 7) is 5.41. The minimum absolute atomic E-state index is 0.223. The van der Waals surface area contributed by atoms with Crippen molar-refractivity contribution >= 4 is 11.8 Å². The number of carbonyl (C=O) groups is 1. The number of ether oxygens (including phenoxy) is 1. The zero-order valence-electron chi connectivity index (χ0n) is 18.6. The van der Waals surface area contributed by atoms with Gasteiger partial charge >= 0.3 is 6.09 Å². The van der Waals surface area contributed by atoms with Crippen LogP contribution in [-0.4, -0.2) is 22.8 Å². The lowest BCUT2D eigenvalue weighted by atomic mass is 9.70. The minimum atomic E-state index is -0.951. The van der Waals surface area contributed by atoms with E-state index in [-0.39, 0.29) is 12.8 Å². The van der Waals surface area contributed by atoms with Crippen LogP contribution in [0.3, 0.4) is 0 Å². The molecule has 5 nitrogen and oxygen atoms in total. The van der Waals surface area contributed by atoms with Gasteiger partial charge in [0.15, 0.2) is 0 Å². The predicted octanol–water partition coefficient (Wildman–Crippen LogP) is 5.85. The Labute approximate surface area is 187 Å². The van der Waals surface area contributed by atoms with Crippen LogP contribution in [0.1, 0.15) is 39.2 Å². The fourth-order valence-corrected chi connectivity index (χ4v) is 4.10. The number of carbonyl (C=O) groups excluding carboxylic acids is 1. The summed E-state index contributed by atoms with van der Waals surface area (Å²) in [5.41, 5.74) is 9.73. The second kappa shape index (κ2) is 8.26. The van der Waals surface area contributed by atoms with Gasteiger partial charge in [-0.3, -0.25) is 4.98 Å². The molecule has 3 N–H and O–H groups in total. The van der Waals surface area contributed by atoms with E-state index in [1.54, 1.807) is 27.0 Å². The first-order valence-electron chi connectivity index (χ1n) is 10.7. The van der Waals surface area contributed by atoms with Crippen LogP contribution in [0, 0.1) is 0 Å². The van der Waals surface area contributed by atoms with Gasteiger partial charge in [-0.2, -0.15) is 0 Å². The SMILES string of the molecule is CC(C)(C)OC(=O)NC1(c2ccc(-c3ncc(N)cc3-c3ccccc3)cc2)CC(F)C1. The maximum absolute atomic E-state index is 13.9. The molecule has 3 aromatic rings. The quantitative estimate of drug-likeness (QED) is 0.541. The Bertz CT molecular complexity index is 1100. The highest BCUT2D eigenvalue weighted by molar-refractivity contribution is 5.82. The first kappa shape index (κ1) is 21.8. The van der Waals surface area contributed by atoms with Crippen molar-refractivity contribution in [2.75, 3.05) is 5.73 Å². The third-order valence-corrected chi connectivity index (χ3v) is 5.58. The Morgan fingerprint density at radius 3 is 2.34 bits per heavy atom. The minimum Gasteiger partial charge on any atom is -0.444 e. The zero-order valence-corrected chi connectivity index (χ0v) is 18.6. The standard InChI is InChI=1S/C26H28FN3O2/c1-25(2,3)32-24(31)30-26(14-20(27)15-26)19-11-9-18(10-12-19)23-22(13-21(28)16-29-23)17-7-5-4-6-8-17/h4-13,16,20H,14-15,28H2,1-3H3,(H,30,31). The molecule has 1 heterocycles. The van der Waals surface area contributed by atoms with Crippen LogP contribution in [0.25, 0.3) is 22.4 Å². The van der Waals surface area contributed by atoms with Gasteiger partial charge in [-0.25, -0.2) is 9.18 Å². The van der Waals surface area contributed by atoms with Gasteiger partial charge in [0, 0.05) is 24.0 Å². The first-order valence-corrected chi connectivity index (χ1v) is 10.7. The topological polar surface area (TPSA) is 77.2 Å². The lowest BCUT2D eigenvalue weighted by Gasteiger charge is -2.45. The number of nitrogens with zero attached hydrogens (tertiary/aromatic N) is 1. The molecule has 0 unspecified atom stereocenters. The first-order chi connectivity index (χ1) is 15.2. The molecule has 1 saturated carbocycles. The average molecular weight is 434 g/mol. The highest BCUT2D eigenvalue weighted by Gasteiger charge is 2.48. The molecule has 0 atom stereocenters. The molecule has 1 aliphatic carbocycles. The molecular formula is C26H28FN3O2. The molecule has 0 spiro atoms. The van der Waals surface area contributed by atoms with Crippen molar-refractivity contribution in [1.29, 1.82) is 0 Å². The van der Waals surface area contributed by atoms with Crippen LogP contribution in [0.5, 0.6) is 0 Å². The van der Waals surface area contributed by atoms with Gasteiger partial charge in [0.25, 0.3) is 0 Å². The fourth-order valence-electron chi connectivity index (χ4n) is 4.10. The molecule has 1 aliphatic rings. The smallest absolute Gasteiger partial charge is 0.408 e. The summed E-state index contributed by atoms with van der Waals surface area (Å²) in [5.74, 6) is 0. The second-order valence-corrected chi connectivity index (χ2v) is 9.32. The molecule has 1 aromatic heterocycles. The van der Waals surface area contributed by atoms with E-state index in [4.69, 9.17) is 10.5 Å². The van der Waals surface area contributed by atoms with Gasteiger partial charge in [-0.05, 0) is 38.0 Å². The molecule has 0 saturated heterocycles. The maximum Gasteiger partial charge on any atom is 0.408 e. The van der Waals surface area contributed by atoms with Crippen molar-refractivity contribution in [3.05, 3.63) is 72.4 Å². The monoisotopic (exact) mass is 433 g/mol. The molecule has 0 aliphatic heterocycles. The molecule has 166 valence electrons. The Kier molecular flexibility index (Phi) is 5.63. The molecule has 6 heteroatoms. The van der Waals surface area contributed by atoms with Gasteiger partial charge in [0.2, 0.25) is 0 Å². The summed E-state index contributed by atoms with van der Waals surface area (Å²) in [6, 6.07) is 19.6. The van der Waals surface area contributed by atoms with Crippen LogP contribution in [0.2, 0.25) is 0 Å². The number of nitrogens with two attached hydrogens (primary N) is 1. The van der Waals surface area contributed by atoms with Crippen molar-refractivity contribution in [3.63, 3.8) is 0 Å². The van der Waals surface area contributed by atoms with E-state index in [2.05, 4.69) is 10.3 Å². The molecule has 1 amide bonds. The largest absolute Gasteiger partial charge is 0.444 e. The number of pyridine rings is 1. The predicted molar refractivity (Wildman–Crippen MR) is 125 cm³/mol. The van der Waals surface area contributed by atoms with Crippen LogP contribution < -0.4 is 11.1 Å². The normalized spacial score (nSPS) is 20.3. The number of rotatable bonds is 4. The number of hydrogen-bond acceptors (Lipinski definition) is 4. The number of anilines is 1. The van der Waals surface area contributed by atoms with E-state index < -0.39 is 23.4 Å². The van der Waals surface area contributed by atoms with E-state index >= 15 is 0 Å². The third-order valence-electron chi connectivity index (χ3n) is 5.58. The molecule has 2 aromatic carbocycles. The van der Waals surface area contributed by atoms with Crippen molar-refractivity contribution in [3.8, 4) is 22.4 Å². The molecule has 0 radical (unpaired) electrons. The number of hydrogen-bond donors (Lipinski definition) is 2. The van der Waals surface area contributed by atoms with Crippen molar-refractivity contribution in [2.45, 2.75) is 50.9 Å². The third kappa shape index (κ3) is 4.59. The van der Waals surface area contributed by atoms with Crippen molar-refractivity contribution in [1.82, 2.24) is 10.3 Å². The summed E-state index contributed by atoms with van der Waals surface area (Å²) in [5, 5.41) is 2.90. The summed E-state index contributed by atoms with van der Waals surface area (Å²) in [4.78, 5) is 17.0. The molecular weight excluding hydrogens is 405 g/mol. The number of aromatic nitrogens is 1. The highest BCUT2D eigenvalue weighted by atomic mass is 19.1. The van der Waals surface area contributed by atoms with E-state index in [0.717, 1.165) is 27.9 Å². The number of alkyl halides is 1. The zero-order chi connectivity index (χ0) is 22.9. The maximum atomic E-state index is 13.9. The Morgan fingerprint density at radius 1 is 1.09 bits per heavy atom. The van der Waals surface area contributed by atoms with Gasteiger partial charge in [0.05, 0.1) is 23.1 Å². The van der Waals surface area contributed by atoms with Gasteiger partial charge < -0.3 is 15.8 Å². The summed E-state index contributed by atoms with van der Waals surface area (Å²) in [6.07, 6.45) is 0.594. The summed E-state index contributed by atoms with van der Waals surface area (Å²) in [7, 11) is 0. The number of amides is 1. The number of nitrogens with one attached hydrogen (secondary N) is 1. The summed E-state index contributed by atoms with van der Waals surface area (Å²) >= 11 is 0. The van der Waals surface area contributed by atoms with Crippen LogP contribution in [0.15, 0.2) is 66.9 Å². The lowest BCUT2D eigenvalue weighted by molar-refractivity contribution is 0.0202. The van der Waals surface area contributed by atoms with Crippen LogP contribution in [-0.2, 0) is 10.3 Å². The number of benzene rings is 2. The van der Waals surface area contributed by atoms with Gasteiger partial charge in [-0.15, -0.1) is 0 Å². The van der Waals surface area contributed by atoms with E-state index in [1.807, 2.05) is 60.7 Å². The molecule has 4 rings (SSSR count). The second-order valence-electron chi connectivity index (χ2n) is 9.32. The molecule has 32 heavy (non-hydrogen) atoms. The van der Waals surface area contributed by atoms with Crippen molar-refractivity contribution in [2.24, 2.45) is 0 Å². The molecule has 0 bridgehead atoms. The van der Waals surface area contributed by atoms with Crippen LogP contribution >= 0.6 is 0 Å². The Hall–Kier alpha value is -3.41. The summed E-state index contributed by atoms with van der Waals surface area (Å²) < 4.78 is 19.3. The fraction of sp³-hybridized carbons (Fsp3) is 0.308. The van der Waals surface area contributed by atoms with Gasteiger partial charge in [-0.1, -0.05) is 54.6 Å². The highest BCUT2D eigenvalue weighted by Crippen LogP contribution is 2.44.